The summed E-state index contributed by atoms with van der Waals surface area (Å²) in [5, 5.41) is 6.88. The molecule has 0 saturated carbocycles. The number of anilines is 1. The Morgan fingerprint density at radius 1 is 1.24 bits per heavy atom. The van der Waals surface area contributed by atoms with Crippen LogP contribution in [0.5, 0.6) is 0 Å². The molecular formula is C16H25N5O3S. The normalized spacial score (nSPS) is 24.1. The van der Waals surface area contributed by atoms with Crippen LogP contribution < -0.4 is 5.32 Å². The van der Waals surface area contributed by atoms with E-state index in [-0.39, 0.29) is 11.6 Å². The van der Waals surface area contributed by atoms with E-state index < -0.39 is 11.7 Å². The predicted molar refractivity (Wildman–Crippen MR) is 94.9 cm³/mol. The van der Waals surface area contributed by atoms with E-state index in [9.17, 15) is 9.59 Å². The molecular weight excluding hydrogens is 342 g/mol. The quantitative estimate of drug-likeness (QED) is 0.862. The smallest absolute Gasteiger partial charge is 0.412 e. The van der Waals surface area contributed by atoms with Crippen LogP contribution in [0.25, 0.3) is 0 Å². The number of hydrogen-bond donors (Lipinski definition) is 1. The van der Waals surface area contributed by atoms with Crippen molar-refractivity contribution in [2.45, 2.75) is 57.7 Å². The Hall–Kier alpha value is -1.74. The van der Waals surface area contributed by atoms with Crippen LogP contribution in [-0.2, 0) is 4.74 Å². The first-order valence-corrected chi connectivity index (χ1v) is 9.35. The summed E-state index contributed by atoms with van der Waals surface area (Å²) in [6.45, 7) is 6.74. The van der Waals surface area contributed by atoms with Gasteiger partial charge in [-0.15, -0.1) is 5.10 Å². The van der Waals surface area contributed by atoms with E-state index in [1.807, 2.05) is 4.90 Å². The number of ether oxygens (including phenoxy) is 1. The third-order valence-electron chi connectivity index (χ3n) is 4.74. The van der Waals surface area contributed by atoms with Crippen LogP contribution in [0.1, 0.15) is 50.5 Å². The Morgan fingerprint density at radius 3 is 2.68 bits per heavy atom. The highest BCUT2D eigenvalue weighted by atomic mass is 32.1. The lowest BCUT2D eigenvalue weighted by molar-refractivity contribution is 0.0636. The van der Waals surface area contributed by atoms with Gasteiger partial charge in [0, 0.05) is 36.7 Å². The van der Waals surface area contributed by atoms with Gasteiger partial charge in [0.1, 0.15) is 5.60 Å². The molecule has 3 rings (SSSR count). The van der Waals surface area contributed by atoms with Crippen LogP contribution in [0.2, 0.25) is 0 Å². The van der Waals surface area contributed by atoms with Crippen LogP contribution >= 0.6 is 11.5 Å². The van der Waals surface area contributed by atoms with Gasteiger partial charge in [0.15, 0.2) is 10.7 Å². The number of hydrogen-bond acceptors (Lipinski definition) is 7. The van der Waals surface area contributed by atoms with Crippen molar-refractivity contribution in [3.05, 3.63) is 5.69 Å². The maximum absolute atomic E-state index is 12.9. The van der Waals surface area contributed by atoms with Crippen molar-refractivity contribution >= 4 is 28.5 Å². The van der Waals surface area contributed by atoms with Crippen molar-refractivity contribution in [3.8, 4) is 0 Å². The number of amides is 2. The molecule has 2 bridgehead atoms. The Morgan fingerprint density at radius 2 is 1.96 bits per heavy atom. The number of nitrogens with one attached hydrogen (secondary N) is 1. The Balaban J connectivity index is 1.69. The average Bonchev–Trinajstić information content (AvgIpc) is 3.01. The van der Waals surface area contributed by atoms with E-state index in [4.69, 9.17) is 4.74 Å². The zero-order valence-electron chi connectivity index (χ0n) is 15.1. The molecule has 2 amide bonds. The molecule has 1 aromatic heterocycles. The Kier molecular flexibility index (Phi) is 4.97. The highest BCUT2D eigenvalue weighted by Gasteiger charge is 2.37. The monoisotopic (exact) mass is 367 g/mol. The van der Waals surface area contributed by atoms with E-state index in [2.05, 4.69) is 26.9 Å². The largest absolute Gasteiger partial charge is 0.444 e. The van der Waals surface area contributed by atoms with Gasteiger partial charge in [0.2, 0.25) is 0 Å². The van der Waals surface area contributed by atoms with E-state index in [1.54, 1.807) is 20.8 Å². The zero-order chi connectivity index (χ0) is 18.2. The molecule has 0 aromatic carbocycles. The van der Waals surface area contributed by atoms with Crippen molar-refractivity contribution in [2.75, 3.05) is 25.5 Å². The lowest BCUT2D eigenvalue weighted by Crippen LogP contribution is -2.40. The van der Waals surface area contributed by atoms with Gasteiger partial charge in [0.25, 0.3) is 5.91 Å². The number of likely N-dealkylation sites (N-methyl/N-ethyl adjacent to an activating group) is 1. The first-order valence-electron chi connectivity index (χ1n) is 8.58. The fraction of sp³-hybridized carbons (Fsp3) is 0.750. The first-order chi connectivity index (χ1) is 11.7. The fourth-order valence-corrected chi connectivity index (χ4v) is 4.00. The van der Waals surface area contributed by atoms with Crippen molar-refractivity contribution in [1.82, 2.24) is 19.4 Å². The lowest BCUT2D eigenvalue weighted by Gasteiger charge is -2.25. The topological polar surface area (TPSA) is 87.7 Å². The van der Waals surface area contributed by atoms with Crippen molar-refractivity contribution in [2.24, 2.45) is 0 Å². The number of carbonyl (C=O) groups is 2. The number of rotatable bonds is 2. The summed E-state index contributed by atoms with van der Waals surface area (Å²) in [5.74, 6) is -0.180. The number of nitrogens with zero attached hydrogens (tertiary/aromatic N) is 4. The van der Waals surface area contributed by atoms with Crippen LogP contribution in [0.3, 0.4) is 0 Å². The molecule has 0 spiro atoms. The van der Waals surface area contributed by atoms with Crippen LogP contribution in [0.4, 0.5) is 9.80 Å². The zero-order valence-corrected chi connectivity index (χ0v) is 15.9. The third-order valence-corrected chi connectivity index (χ3v) is 5.38. The molecule has 0 aliphatic carbocycles. The van der Waals surface area contributed by atoms with E-state index >= 15 is 0 Å². The summed E-state index contributed by atoms with van der Waals surface area (Å²) in [5.41, 5.74) is -0.419. The molecule has 2 aliphatic heterocycles. The maximum atomic E-state index is 12.9. The summed E-state index contributed by atoms with van der Waals surface area (Å²) in [4.78, 5) is 29.1. The molecule has 9 heteroatoms. The molecule has 25 heavy (non-hydrogen) atoms. The van der Waals surface area contributed by atoms with Gasteiger partial charge in [-0.25, -0.2) is 4.79 Å². The summed E-state index contributed by atoms with van der Waals surface area (Å²) in [7, 11) is 2.14. The molecule has 0 radical (unpaired) electrons. The molecule has 2 saturated heterocycles. The summed E-state index contributed by atoms with van der Waals surface area (Å²) in [6.07, 6.45) is 2.67. The third kappa shape index (κ3) is 4.09. The van der Waals surface area contributed by atoms with Gasteiger partial charge in [-0.3, -0.25) is 15.0 Å². The molecule has 8 nitrogen and oxygen atoms in total. The molecule has 1 aromatic rings. The van der Waals surface area contributed by atoms with Gasteiger partial charge in [-0.1, -0.05) is 4.49 Å². The summed E-state index contributed by atoms with van der Waals surface area (Å²) in [6, 6.07) is 0.945. The first kappa shape index (κ1) is 18.1. The van der Waals surface area contributed by atoms with Gasteiger partial charge in [-0.2, -0.15) is 0 Å². The molecule has 2 aliphatic rings. The molecule has 2 atom stereocenters. The predicted octanol–water partition coefficient (Wildman–Crippen LogP) is 2.19. The van der Waals surface area contributed by atoms with Gasteiger partial charge < -0.3 is 9.64 Å². The van der Waals surface area contributed by atoms with Crippen LogP contribution in [0, 0.1) is 0 Å². The molecule has 2 fully saturated rings. The highest BCUT2D eigenvalue weighted by Crippen LogP contribution is 2.30. The van der Waals surface area contributed by atoms with Crippen molar-refractivity contribution in [1.29, 1.82) is 0 Å². The highest BCUT2D eigenvalue weighted by molar-refractivity contribution is 7.10. The second kappa shape index (κ2) is 6.87. The summed E-state index contributed by atoms with van der Waals surface area (Å²) < 4.78 is 9.07. The summed E-state index contributed by atoms with van der Waals surface area (Å²) >= 11 is 0.986. The van der Waals surface area contributed by atoms with Gasteiger partial charge in [0.05, 0.1) is 0 Å². The van der Waals surface area contributed by atoms with Crippen molar-refractivity contribution < 1.29 is 14.3 Å². The van der Waals surface area contributed by atoms with Crippen molar-refractivity contribution in [3.63, 3.8) is 0 Å². The molecule has 3 heterocycles. The molecule has 138 valence electrons. The Bertz CT molecular complexity index is 656. The number of likely N-dealkylation sites (tertiary alicyclic amines) is 1. The number of carbonyl (C=O) groups excluding carboxylic acids is 2. The minimum absolute atomic E-state index is 0.180. The molecule has 1 N–H and O–H groups in total. The van der Waals surface area contributed by atoms with Crippen LogP contribution in [0.15, 0.2) is 0 Å². The standard InChI is InChI=1S/C16H25N5O3S/c1-16(2,3)24-15(23)17-13-12(18-19-25-13)14(22)21-8-7-10-5-6-11(9-21)20(10)4/h10-11H,5-9H2,1-4H3,(H,17,23). The molecule has 2 unspecified atom stereocenters. The van der Waals surface area contributed by atoms with E-state index in [0.717, 1.165) is 24.4 Å². The minimum atomic E-state index is -0.610. The fourth-order valence-electron chi connectivity index (χ4n) is 3.45. The van der Waals surface area contributed by atoms with E-state index in [0.29, 0.717) is 30.2 Å². The minimum Gasteiger partial charge on any atom is -0.444 e. The van der Waals surface area contributed by atoms with Gasteiger partial charge >= 0.3 is 6.09 Å². The second-order valence-corrected chi connectivity index (χ2v) is 8.42. The average molecular weight is 367 g/mol. The SMILES string of the molecule is CN1C2CCC1CN(C(=O)c1nnsc1NC(=O)OC(C)(C)C)CC2. The Labute approximate surface area is 151 Å². The van der Waals surface area contributed by atoms with E-state index in [1.165, 1.54) is 6.42 Å². The van der Waals surface area contributed by atoms with Crippen LogP contribution in [-0.4, -0.2) is 69.2 Å². The number of fused-ring (bicyclic) bond motifs is 2. The second-order valence-electron chi connectivity index (χ2n) is 7.67. The van der Waals surface area contributed by atoms with Gasteiger partial charge in [-0.05, 0) is 47.1 Å². The maximum Gasteiger partial charge on any atom is 0.412 e. The number of aromatic nitrogens is 2. The lowest BCUT2D eigenvalue weighted by atomic mass is 10.1.